The monoisotopic (exact) mass is 530 g/mol. The highest BCUT2D eigenvalue weighted by atomic mass is 16.5. The minimum Gasteiger partial charge on any atom is -0.369 e. The van der Waals surface area contributed by atoms with Crippen LogP contribution in [0.3, 0.4) is 0 Å². The number of piperazine rings is 1. The molecule has 1 aliphatic heterocycles. The van der Waals surface area contributed by atoms with Gasteiger partial charge >= 0.3 is 0 Å². The molecule has 1 saturated heterocycles. The predicted molar refractivity (Wildman–Crippen MR) is 150 cm³/mol. The molecule has 0 N–H and O–H groups in total. The molecule has 39 heavy (non-hydrogen) atoms. The number of hydrogen-bond acceptors (Lipinski definition) is 6. The first-order chi connectivity index (χ1) is 19.1. The first-order valence-electron chi connectivity index (χ1n) is 13.5. The van der Waals surface area contributed by atoms with Gasteiger partial charge in [0.1, 0.15) is 18.8 Å². The fraction of sp³-hybridized carbons (Fsp3) is 0.375. The van der Waals surface area contributed by atoms with Crippen molar-refractivity contribution in [2.75, 3.05) is 39.8 Å². The Labute approximate surface area is 231 Å². The molecule has 7 nitrogen and oxygen atoms in total. The average Bonchev–Trinajstić information content (AvgIpc) is 2.98. The largest absolute Gasteiger partial charge is 0.369 e. The Hall–Kier alpha value is -3.36. The van der Waals surface area contributed by atoms with E-state index >= 15 is 0 Å². The number of ketones is 1. The molecule has 206 valence electrons. The van der Waals surface area contributed by atoms with E-state index in [2.05, 4.69) is 4.90 Å². The summed E-state index contributed by atoms with van der Waals surface area (Å²) in [5.74, 6) is -0.313. The van der Waals surface area contributed by atoms with Gasteiger partial charge in [0, 0.05) is 32.6 Å². The number of carbonyl (C=O) groups is 2. The summed E-state index contributed by atoms with van der Waals surface area (Å²) in [5.41, 5.74) is 2.90. The van der Waals surface area contributed by atoms with E-state index in [4.69, 9.17) is 14.2 Å². The van der Waals surface area contributed by atoms with E-state index in [0.717, 1.165) is 29.8 Å². The molecule has 7 heteroatoms. The number of amides is 1. The maximum absolute atomic E-state index is 13.6. The maximum Gasteiger partial charge on any atom is 0.251 e. The van der Waals surface area contributed by atoms with Gasteiger partial charge in [-0.2, -0.15) is 0 Å². The number of rotatable bonds is 14. The molecular formula is C32H38N2O5. The summed E-state index contributed by atoms with van der Waals surface area (Å²) >= 11 is 0. The summed E-state index contributed by atoms with van der Waals surface area (Å²) in [4.78, 5) is 31.0. The van der Waals surface area contributed by atoms with Crippen LogP contribution in [-0.2, 0) is 43.6 Å². The number of hydrogen-bond donors (Lipinski definition) is 0. The molecule has 0 spiro atoms. The Bertz CT molecular complexity index is 1130. The Morgan fingerprint density at radius 1 is 0.667 bits per heavy atom. The van der Waals surface area contributed by atoms with Gasteiger partial charge in [-0.05, 0) is 23.7 Å². The second kappa shape index (κ2) is 15.3. The lowest BCUT2D eigenvalue weighted by Crippen LogP contribution is -2.51. The van der Waals surface area contributed by atoms with Crippen molar-refractivity contribution in [2.24, 2.45) is 0 Å². The molecule has 0 bridgehead atoms. The molecular weight excluding hydrogens is 492 g/mol. The highest BCUT2D eigenvalue weighted by Crippen LogP contribution is 2.17. The predicted octanol–water partition coefficient (Wildman–Crippen LogP) is 4.11. The third-order valence-corrected chi connectivity index (χ3v) is 6.82. The van der Waals surface area contributed by atoms with Crippen LogP contribution in [0.1, 0.15) is 23.1 Å². The van der Waals surface area contributed by atoms with E-state index in [9.17, 15) is 9.59 Å². The topological polar surface area (TPSA) is 68.3 Å². The molecule has 4 rings (SSSR count). The van der Waals surface area contributed by atoms with Gasteiger partial charge in [0.05, 0.1) is 19.8 Å². The zero-order chi connectivity index (χ0) is 27.3. The molecule has 0 radical (unpaired) electrons. The van der Waals surface area contributed by atoms with Crippen molar-refractivity contribution in [2.45, 2.75) is 38.4 Å². The normalized spacial score (nSPS) is 15.6. The zero-order valence-corrected chi connectivity index (χ0v) is 22.6. The number of nitrogens with zero attached hydrogens (tertiary/aromatic N) is 2. The second-order valence-corrected chi connectivity index (χ2v) is 9.88. The molecule has 0 aromatic heterocycles. The summed E-state index contributed by atoms with van der Waals surface area (Å²) in [6, 6.07) is 29.2. The molecule has 1 heterocycles. The van der Waals surface area contributed by atoms with Crippen LogP contribution >= 0.6 is 0 Å². The van der Waals surface area contributed by atoms with Crippen LogP contribution in [0.25, 0.3) is 0 Å². The van der Waals surface area contributed by atoms with Gasteiger partial charge in [0.2, 0.25) is 0 Å². The summed E-state index contributed by atoms with van der Waals surface area (Å²) in [5, 5.41) is 0. The summed E-state index contributed by atoms with van der Waals surface area (Å²) in [7, 11) is 2.05. The number of carbonyl (C=O) groups excluding carboxylic acids is 2. The van der Waals surface area contributed by atoms with Crippen LogP contribution in [0.4, 0.5) is 0 Å². The van der Waals surface area contributed by atoms with Crippen molar-refractivity contribution < 1.29 is 23.8 Å². The van der Waals surface area contributed by atoms with E-state index in [-0.39, 0.29) is 37.9 Å². The van der Waals surface area contributed by atoms with Gasteiger partial charge in [-0.25, -0.2) is 0 Å². The van der Waals surface area contributed by atoms with E-state index < -0.39 is 12.2 Å². The average molecular weight is 531 g/mol. The van der Waals surface area contributed by atoms with Crippen LogP contribution < -0.4 is 0 Å². The standard InChI is InChI=1S/C32H38N2O5/c1-33-17-19-34(20-18-33)32(36)31(39-24-28-15-9-4-10-16-28)21-30(38-23-27-13-7-3-8-14-27)29(35)25-37-22-26-11-5-2-6-12-26/h2-16,30-31H,17-25H2,1H3/t30-,31+/m0/s1. The molecule has 1 aliphatic rings. The Kier molecular flexibility index (Phi) is 11.2. The quantitative estimate of drug-likeness (QED) is 0.313. The van der Waals surface area contributed by atoms with Crippen molar-refractivity contribution in [3.63, 3.8) is 0 Å². The van der Waals surface area contributed by atoms with Gasteiger partial charge in [0.25, 0.3) is 5.91 Å². The molecule has 0 unspecified atom stereocenters. The zero-order valence-electron chi connectivity index (χ0n) is 22.6. The molecule has 1 amide bonds. The molecule has 3 aromatic rings. The van der Waals surface area contributed by atoms with E-state index in [1.54, 1.807) is 0 Å². The molecule has 0 aliphatic carbocycles. The highest BCUT2D eigenvalue weighted by molar-refractivity contribution is 5.86. The fourth-order valence-electron chi connectivity index (χ4n) is 4.44. The SMILES string of the molecule is CN1CCN(C(=O)[C@@H](C[C@H](OCc2ccccc2)C(=O)COCc2ccccc2)OCc2ccccc2)CC1. The van der Waals surface area contributed by atoms with Crippen molar-refractivity contribution >= 4 is 11.7 Å². The van der Waals surface area contributed by atoms with Crippen molar-refractivity contribution in [3.05, 3.63) is 108 Å². The van der Waals surface area contributed by atoms with Crippen LogP contribution in [-0.4, -0.2) is 73.5 Å². The van der Waals surface area contributed by atoms with Gasteiger partial charge in [0.15, 0.2) is 5.78 Å². The summed E-state index contributed by atoms with van der Waals surface area (Å²) in [6.45, 7) is 3.61. The summed E-state index contributed by atoms with van der Waals surface area (Å²) < 4.78 is 18.1. The Morgan fingerprint density at radius 3 is 1.64 bits per heavy atom. The Balaban J connectivity index is 1.46. The minimum absolute atomic E-state index is 0.106. The maximum atomic E-state index is 13.6. The van der Waals surface area contributed by atoms with Crippen LogP contribution in [0, 0.1) is 0 Å². The lowest BCUT2D eigenvalue weighted by Gasteiger charge is -2.35. The van der Waals surface area contributed by atoms with E-state index in [0.29, 0.717) is 19.7 Å². The molecule has 1 fully saturated rings. The molecule has 0 saturated carbocycles. The number of ether oxygens (including phenoxy) is 3. The van der Waals surface area contributed by atoms with Crippen molar-refractivity contribution in [1.29, 1.82) is 0 Å². The lowest BCUT2D eigenvalue weighted by atomic mass is 10.1. The molecule has 2 atom stereocenters. The van der Waals surface area contributed by atoms with E-state index in [1.807, 2.05) is 103 Å². The lowest BCUT2D eigenvalue weighted by molar-refractivity contribution is -0.152. The van der Waals surface area contributed by atoms with Crippen LogP contribution in [0.15, 0.2) is 91.0 Å². The number of likely N-dealkylation sites (N-methyl/N-ethyl adjacent to an activating group) is 1. The first kappa shape index (κ1) is 28.6. The third kappa shape index (κ3) is 9.41. The van der Waals surface area contributed by atoms with E-state index in [1.165, 1.54) is 0 Å². The minimum atomic E-state index is -0.849. The summed E-state index contributed by atoms with van der Waals surface area (Å²) in [6.07, 6.45) is -1.54. The van der Waals surface area contributed by atoms with Crippen molar-refractivity contribution in [1.82, 2.24) is 9.80 Å². The van der Waals surface area contributed by atoms with Gasteiger partial charge < -0.3 is 24.0 Å². The van der Waals surface area contributed by atoms with Crippen LogP contribution in [0.2, 0.25) is 0 Å². The van der Waals surface area contributed by atoms with Gasteiger partial charge in [-0.1, -0.05) is 91.0 Å². The number of benzene rings is 3. The number of Topliss-reactive ketones (excluding diaryl/α,β-unsaturated/α-hetero) is 1. The molecule has 3 aromatic carbocycles. The van der Waals surface area contributed by atoms with Gasteiger partial charge in [-0.3, -0.25) is 9.59 Å². The van der Waals surface area contributed by atoms with Crippen molar-refractivity contribution in [3.8, 4) is 0 Å². The fourth-order valence-corrected chi connectivity index (χ4v) is 4.44. The Morgan fingerprint density at radius 2 is 1.13 bits per heavy atom. The third-order valence-electron chi connectivity index (χ3n) is 6.82. The smallest absolute Gasteiger partial charge is 0.251 e. The second-order valence-electron chi connectivity index (χ2n) is 9.88. The van der Waals surface area contributed by atoms with Gasteiger partial charge in [-0.15, -0.1) is 0 Å². The first-order valence-corrected chi connectivity index (χ1v) is 13.5. The van der Waals surface area contributed by atoms with Crippen LogP contribution in [0.5, 0.6) is 0 Å². The highest BCUT2D eigenvalue weighted by Gasteiger charge is 2.33.